The number of Topliss-reactive ketones (excluding diaryl/α,β-unsaturated/α-hetero) is 1. The predicted octanol–water partition coefficient (Wildman–Crippen LogP) is 0.448. The van der Waals surface area contributed by atoms with Crippen molar-refractivity contribution in [2.24, 2.45) is 5.41 Å². The standard InChI is InChI=1S/C25H39N5O6/c1-7-8-17(19(32)22(34)27-16-9-10-16)28-21(33)18-12-25(11-14(2)29-36-25)13-30(18)23(35)20(24(4,5)6)26-15(3)31/h11,16-18,20,29H,7-10,12-13H2,1-6H3,(H,26,31)(H,27,34)(H,28,33)/t17-,18-,20+,25+/m0/s1. The van der Waals surface area contributed by atoms with Gasteiger partial charge in [-0.25, -0.2) is 0 Å². The van der Waals surface area contributed by atoms with Crippen molar-refractivity contribution in [1.29, 1.82) is 0 Å². The number of rotatable bonds is 9. The highest BCUT2D eigenvalue weighted by Gasteiger charge is 2.53. The van der Waals surface area contributed by atoms with E-state index in [0.29, 0.717) is 12.8 Å². The third kappa shape index (κ3) is 6.43. The second-order valence-corrected chi connectivity index (χ2v) is 11.2. The molecule has 0 aromatic heterocycles. The molecule has 1 aliphatic carbocycles. The number of nitrogens with zero attached hydrogens (tertiary/aromatic N) is 1. The van der Waals surface area contributed by atoms with Crippen LogP contribution in [0.15, 0.2) is 11.8 Å². The van der Waals surface area contributed by atoms with Crippen LogP contribution in [0.1, 0.15) is 73.6 Å². The fraction of sp³-hybridized carbons (Fsp3) is 0.720. The molecule has 4 amide bonds. The van der Waals surface area contributed by atoms with Crippen LogP contribution < -0.4 is 21.4 Å². The molecule has 0 aromatic rings. The van der Waals surface area contributed by atoms with Crippen molar-refractivity contribution in [1.82, 2.24) is 26.3 Å². The predicted molar refractivity (Wildman–Crippen MR) is 131 cm³/mol. The highest BCUT2D eigenvalue weighted by Crippen LogP contribution is 2.36. The summed E-state index contributed by atoms with van der Waals surface area (Å²) in [7, 11) is 0. The Kier molecular flexibility index (Phi) is 8.12. The van der Waals surface area contributed by atoms with Gasteiger partial charge < -0.3 is 20.9 Å². The van der Waals surface area contributed by atoms with Gasteiger partial charge in [-0.3, -0.25) is 34.3 Å². The van der Waals surface area contributed by atoms with Crippen molar-refractivity contribution >= 4 is 29.4 Å². The topological polar surface area (TPSA) is 146 Å². The van der Waals surface area contributed by atoms with E-state index in [0.717, 1.165) is 18.5 Å². The molecule has 2 fully saturated rings. The van der Waals surface area contributed by atoms with Crippen LogP contribution in [0.25, 0.3) is 0 Å². The Morgan fingerprint density at radius 3 is 2.36 bits per heavy atom. The van der Waals surface area contributed by atoms with Gasteiger partial charge in [0.15, 0.2) is 0 Å². The van der Waals surface area contributed by atoms with Crippen LogP contribution in [0.3, 0.4) is 0 Å². The first-order valence-electron chi connectivity index (χ1n) is 12.6. The van der Waals surface area contributed by atoms with Crippen molar-refractivity contribution in [3.05, 3.63) is 11.8 Å². The van der Waals surface area contributed by atoms with Crippen molar-refractivity contribution in [3.63, 3.8) is 0 Å². The van der Waals surface area contributed by atoms with Crippen LogP contribution in [-0.4, -0.2) is 70.6 Å². The third-order valence-corrected chi connectivity index (χ3v) is 6.64. The van der Waals surface area contributed by atoms with Crippen LogP contribution in [0.5, 0.6) is 0 Å². The van der Waals surface area contributed by atoms with Crippen LogP contribution in [-0.2, 0) is 28.8 Å². The molecule has 11 heteroatoms. The molecule has 1 spiro atoms. The van der Waals surface area contributed by atoms with E-state index in [2.05, 4.69) is 21.4 Å². The lowest BCUT2D eigenvalue weighted by molar-refractivity contribution is -0.145. The largest absolute Gasteiger partial charge is 0.347 e. The maximum Gasteiger partial charge on any atom is 0.289 e. The summed E-state index contributed by atoms with van der Waals surface area (Å²) >= 11 is 0. The van der Waals surface area contributed by atoms with Gasteiger partial charge in [0.1, 0.15) is 17.7 Å². The molecule has 1 saturated heterocycles. The van der Waals surface area contributed by atoms with Gasteiger partial charge >= 0.3 is 0 Å². The molecule has 200 valence electrons. The van der Waals surface area contributed by atoms with E-state index in [1.165, 1.54) is 11.8 Å². The fourth-order valence-electron chi connectivity index (χ4n) is 4.67. The van der Waals surface area contributed by atoms with Gasteiger partial charge in [0.05, 0.1) is 12.6 Å². The lowest BCUT2D eigenvalue weighted by atomic mass is 9.85. The van der Waals surface area contributed by atoms with E-state index >= 15 is 0 Å². The first kappa shape index (κ1) is 27.6. The molecular weight excluding hydrogens is 466 g/mol. The Bertz CT molecular complexity index is 953. The zero-order valence-corrected chi connectivity index (χ0v) is 22.0. The summed E-state index contributed by atoms with van der Waals surface area (Å²) in [5.41, 5.74) is 2.01. The van der Waals surface area contributed by atoms with E-state index < -0.39 is 52.6 Å². The van der Waals surface area contributed by atoms with Crippen molar-refractivity contribution in [2.75, 3.05) is 6.54 Å². The molecule has 0 radical (unpaired) electrons. The third-order valence-electron chi connectivity index (χ3n) is 6.64. The second-order valence-electron chi connectivity index (χ2n) is 11.2. The quantitative estimate of drug-likeness (QED) is 0.333. The van der Waals surface area contributed by atoms with E-state index in [4.69, 9.17) is 4.84 Å². The summed E-state index contributed by atoms with van der Waals surface area (Å²) < 4.78 is 0. The van der Waals surface area contributed by atoms with Crippen molar-refractivity contribution < 1.29 is 28.8 Å². The average molecular weight is 506 g/mol. The SMILES string of the molecule is CCC[C@H](NC(=O)[C@@H]1C[C@]2(C=C(C)NO2)CN1C(=O)[C@@H](NC(C)=O)C(C)(C)C)C(=O)C(=O)NC1CC1. The maximum atomic E-state index is 13.7. The van der Waals surface area contributed by atoms with Gasteiger partial charge in [0.2, 0.25) is 23.5 Å². The average Bonchev–Trinajstić information content (AvgIpc) is 3.41. The summed E-state index contributed by atoms with van der Waals surface area (Å²) in [6, 6.07) is -2.81. The number of allylic oxidation sites excluding steroid dienone is 1. The number of hydroxylamine groups is 1. The molecule has 2 heterocycles. The van der Waals surface area contributed by atoms with Crippen LogP contribution in [0, 0.1) is 5.41 Å². The summed E-state index contributed by atoms with van der Waals surface area (Å²) in [5, 5.41) is 8.13. The number of carbonyl (C=O) groups is 5. The molecule has 36 heavy (non-hydrogen) atoms. The number of amides is 4. The number of likely N-dealkylation sites (tertiary alicyclic amines) is 1. The maximum absolute atomic E-state index is 13.7. The van der Waals surface area contributed by atoms with E-state index in [-0.39, 0.29) is 24.9 Å². The van der Waals surface area contributed by atoms with Gasteiger partial charge in [-0.05, 0) is 37.7 Å². The number of nitrogens with one attached hydrogen (secondary N) is 4. The Hall–Kier alpha value is -2.95. The van der Waals surface area contributed by atoms with E-state index in [9.17, 15) is 24.0 Å². The van der Waals surface area contributed by atoms with Gasteiger partial charge in [-0.1, -0.05) is 34.1 Å². The lowest BCUT2D eigenvalue weighted by Gasteiger charge is -2.35. The number of carbonyl (C=O) groups excluding carboxylic acids is 5. The van der Waals surface area contributed by atoms with E-state index in [1.54, 1.807) is 0 Å². The summed E-state index contributed by atoms with van der Waals surface area (Å²) in [6.07, 6.45) is 4.55. The normalized spacial score (nSPS) is 25.0. The summed E-state index contributed by atoms with van der Waals surface area (Å²) in [5.74, 6) is -2.71. The summed E-state index contributed by atoms with van der Waals surface area (Å²) in [6.45, 7) is 10.6. The number of ketones is 1. The highest BCUT2D eigenvalue weighted by molar-refractivity contribution is 6.38. The minimum absolute atomic E-state index is 0.0207. The molecule has 1 saturated carbocycles. The zero-order valence-electron chi connectivity index (χ0n) is 22.0. The first-order valence-corrected chi connectivity index (χ1v) is 12.6. The Morgan fingerprint density at radius 2 is 1.86 bits per heavy atom. The number of hydrogen-bond acceptors (Lipinski definition) is 7. The summed E-state index contributed by atoms with van der Waals surface area (Å²) in [4.78, 5) is 71.6. The monoisotopic (exact) mass is 505 g/mol. The molecular formula is C25H39N5O6. The molecule has 2 aliphatic heterocycles. The van der Waals surface area contributed by atoms with Gasteiger partial charge in [-0.2, -0.15) is 0 Å². The Morgan fingerprint density at radius 1 is 1.19 bits per heavy atom. The van der Waals surface area contributed by atoms with E-state index in [1.807, 2.05) is 40.7 Å². The highest BCUT2D eigenvalue weighted by atomic mass is 16.7. The Labute approximate surface area is 212 Å². The fourth-order valence-corrected chi connectivity index (χ4v) is 4.67. The Balaban J connectivity index is 1.85. The van der Waals surface area contributed by atoms with Crippen molar-refractivity contribution in [2.45, 2.75) is 103 Å². The smallest absolute Gasteiger partial charge is 0.289 e. The molecule has 4 N–H and O–H groups in total. The van der Waals surface area contributed by atoms with Crippen LogP contribution in [0.2, 0.25) is 0 Å². The first-order chi connectivity index (χ1) is 16.8. The van der Waals surface area contributed by atoms with Crippen molar-refractivity contribution in [3.8, 4) is 0 Å². The molecule has 0 bridgehead atoms. The van der Waals surface area contributed by atoms with Gasteiger partial charge in [0, 0.05) is 25.1 Å². The molecule has 3 aliphatic rings. The molecule has 4 atom stereocenters. The molecule has 0 aromatic carbocycles. The minimum atomic E-state index is -0.997. The second kappa shape index (κ2) is 10.6. The molecule has 0 unspecified atom stereocenters. The van der Waals surface area contributed by atoms with Gasteiger partial charge in [-0.15, -0.1) is 0 Å². The molecule has 11 nitrogen and oxygen atoms in total. The number of hydrogen-bond donors (Lipinski definition) is 4. The lowest BCUT2D eigenvalue weighted by Crippen LogP contribution is -2.59. The van der Waals surface area contributed by atoms with Crippen LogP contribution >= 0.6 is 0 Å². The van der Waals surface area contributed by atoms with Gasteiger partial charge in [0.25, 0.3) is 5.91 Å². The minimum Gasteiger partial charge on any atom is -0.347 e. The molecule has 3 rings (SSSR count). The zero-order chi connectivity index (χ0) is 26.8. The van der Waals surface area contributed by atoms with Crippen LogP contribution in [0.4, 0.5) is 0 Å².